The van der Waals surface area contributed by atoms with Crippen molar-refractivity contribution >= 4 is 17.3 Å². The summed E-state index contributed by atoms with van der Waals surface area (Å²) in [6.07, 6.45) is 6.35. The fraction of sp³-hybridized carbons (Fsp3) is 0.182. The van der Waals surface area contributed by atoms with Gasteiger partial charge in [-0.15, -0.1) is 0 Å². The average molecular weight is 231 g/mol. The van der Waals surface area contributed by atoms with Crippen LogP contribution < -0.4 is 10.6 Å². The molecule has 0 aliphatic heterocycles. The van der Waals surface area contributed by atoms with Crippen LogP contribution in [0.15, 0.2) is 31.0 Å². The smallest absolute Gasteiger partial charge is 0.278 e. The summed E-state index contributed by atoms with van der Waals surface area (Å²) in [6.45, 7) is 0. The summed E-state index contributed by atoms with van der Waals surface area (Å²) in [5.74, 6) is -0.205. The van der Waals surface area contributed by atoms with Crippen molar-refractivity contribution in [3.63, 3.8) is 0 Å². The molecule has 2 N–H and O–H groups in total. The lowest BCUT2D eigenvalue weighted by Crippen LogP contribution is -2.27. The number of imidazole rings is 1. The zero-order valence-corrected chi connectivity index (χ0v) is 9.66. The number of rotatable bonds is 2. The maximum absolute atomic E-state index is 12.1. The molecule has 0 spiro atoms. The van der Waals surface area contributed by atoms with Crippen LogP contribution in [0, 0.1) is 0 Å². The van der Waals surface area contributed by atoms with E-state index in [1.165, 1.54) is 11.1 Å². The van der Waals surface area contributed by atoms with Gasteiger partial charge in [0.2, 0.25) is 0 Å². The number of nitrogens with zero attached hydrogens (tertiary/aromatic N) is 4. The molecule has 0 aliphatic carbocycles. The van der Waals surface area contributed by atoms with Crippen molar-refractivity contribution in [2.45, 2.75) is 0 Å². The molecule has 0 aliphatic rings. The second-order valence-electron chi connectivity index (χ2n) is 3.72. The van der Waals surface area contributed by atoms with Gasteiger partial charge in [0.15, 0.2) is 0 Å². The van der Waals surface area contributed by atoms with Crippen molar-refractivity contribution < 1.29 is 4.79 Å². The van der Waals surface area contributed by atoms with E-state index < -0.39 is 0 Å². The van der Waals surface area contributed by atoms with E-state index in [1.54, 1.807) is 36.4 Å². The van der Waals surface area contributed by atoms with E-state index in [0.717, 1.165) is 0 Å². The van der Waals surface area contributed by atoms with Crippen LogP contribution in [0.5, 0.6) is 0 Å². The molecule has 2 rings (SSSR count). The van der Waals surface area contributed by atoms with Gasteiger partial charge in [-0.1, -0.05) is 0 Å². The number of carbonyl (C=O) groups is 1. The Balaban J connectivity index is 2.29. The molecule has 0 unspecified atom stereocenters. The van der Waals surface area contributed by atoms with E-state index in [0.29, 0.717) is 17.1 Å². The maximum atomic E-state index is 12.1. The largest absolute Gasteiger partial charge is 0.396 e. The Labute approximate surface area is 98.7 Å². The Hall–Kier alpha value is -2.37. The predicted molar refractivity (Wildman–Crippen MR) is 64.6 cm³/mol. The van der Waals surface area contributed by atoms with Gasteiger partial charge in [0.05, 0.1) is 23.9 Å². The number of amides is 1. The quantitative estimate of drug-likeness (QED) is 0.824. The molecule has 2 aromatic heterocycles. The highest BCUT2D eigenvalue weighted by Gasteiger charge is 2.17. The molecule has 2 heterocycles. The van der Waals surface area contributed by atoms with Crippen LogP contribution in [0.2, 0.25) is 0 Å². The van der Waals surface area contributed by atoms with Crippen molar-refractivity contribution in [2.24, 2.45) is 7.05 Å². The highest BCUT2D eigenvalue weighted by Crippen LogP contribution is 2.21. The van der Waals surface area contributed by atoms with E-state index in [1.807, 2.05) is 7.05 Å². The number of hydrogen-bond donors (Lipinski definition) is 1. The molecule has 88 valence electrons. The molecule has 1 amide bonds. The van der Waals surface area contributed by atoms with E-state index in [4.69, 9.17) is 5.73 Å². The van der Waals surface area contributed by atoms with Crippen molar-refractivity contribution in [3.05, 3.63) is 36.7 Å². The van der Waals surface area contributed by atoms with Crippen LogP contribution in [0.1, 0.15) is 10.5 Å². The van der Waals surface area contributed by atoms with E-state index in [-0.39, 0.29) is 5.91 Å². The number of nitrogen functional groups attached to an aromatic ring is 1. The first-order valence-corrected chi connectivity index (χ1v) is 5.05. The zero-order valence-electron chi connectivity index (χ0n) is 9.66. The first kappa shape index (κ1) is 11.1. The van der Waals surface area contributed by atoms with E-state index >= 15 is 0 Å². The van der Waals surface area contributed by atoms with Crippen LogP contribution in [0.3, 0.4) is 0 Å². The zero-order chi connectivity index (χ0) is 12.4. The molecule has 17 heavy (non-hydrogen) atoms. The monoisotopic (exact) mass is 231 g/mol. The molecular formula is C11H13N5O. The Kier molecular flexibility index (Phi) is 2.78. The van der Waals surface area contributed by atoms with Gasteiger partial charge in [-0.2, -0.15) is 0 Å². The number of aryl methyl sites for hydroxylation is 1. The van der Waals surface area contributed by atoms with Gasteiger partial charge in [0, 0.05) is 26.5 Å². The number of nitrogens with two attached hydrogens (primary N) is 1. The molecule has 0 bridgehead atoms. The highest BCUT2D eigenvalue weighted by atomic mass is 16.2. The van der Waals surface area contributed by atoms with Crippen molar-refractivity contribution in [1.29, 1.82) is 0 Å². The lowest BCUT2D eigenvalue weighted by Gasteiger charge is -2.17. The van der Waals surface area contributed by atoms with E-state index in [2.05, 4.69) is 9.97 Å². The number of carbonyl (C=O) groups excluding carboxylic acids is 1. The van der Waals surface area contributed by atoms with Gasteiger partial charge in [0.1, 0.15) is 5.69 Å². The Bertz CT molecular complexity index is 548. The van der Waals surface area contributed by atoms with Gasteiger partial charge in [-0.25, -0.2) is 4.98 Å². The topological polar surface area (TPSA) is 77.0 Å². The van der Waals surface area contributed by atoms with Crippen LogP contribution in [0.25, 0.3) is 0 Å². The first-order chi connectivity index (χ1) is 8.09. The molecule has 2 aromatic rings. The summed E-state index contributed by atoms with van der Waals surface area (Å²) in [7, 11) is 3.47. The van der Waals surface area contributed by atoms with Crippen molar-refractivity contribution in [1.82, 2.24) is 14.5 Å². The SMILES string of the molecule is CN(C(=O)c1cn(C)cn1)c1ccncc1N. The molecular weight excluding hydrogens is 218 g/mol. The minimum Gasteiger partial charge on any atom is -0.396 e. The Morgan fingerprint density at radius 1 is 1.53 bits per heavy atom. The van der Waals surface area contributed by atoms with Gasteiger partial charge >= 0.3 is 0 Å². The number of hydrogen-bond acceptors (Lipinski definition) is 4. The molecule has 0 atom stereocenters. The predicted octanol–water partition coefficient (Wildman–Crippen LogP) is 0.674. The maximum Gasteiger partial charge on any atom is 0.278 e. The second-order valence-corrected chi connectivity index (χ2v) is 3.72. The van der Waals surface area contributed by atoms with Gasteiger partial charge in [-0.3, -0.25) is 9.78 Å². The van der Waals surface area contributed by atoms with Crippen LogP contribution in [-0.2, 0) is 7.05 Å². The summed E-state index contributed by atoms with van der Waals surface area (Å²) in [5.41, 5.74) is 7.22. The Morgan fingerprint density at radius 3 is 2.88 bits per heavy atom. The summed E-state index contributed by atoms with van der Waals surface area (Å²) in [6, 6.07) is 1.69. The third-order valence-electron chi connectivity index (χ3n) is 2.42. The molecule has 0 fully saturated rings. The lowest BCUT2D eigenvalue weighted by molar-refractivity contribution is 0.0988. The number of aromatic nitrogens is 3. The fourth-order valence-electron chi connectivity index (χ4n) is 1.51. The minimum absolute atomic E-state index is 0.205. The van der Waals surface area contributed by atoms with Crippen molar-refractivity contribution in [3.8, 4) is 0 Å². The second kappa shape index (κ2) is 4.25. The minimum atomic E-state index is -0.205. The molecule has 6 nitrogen and oxygen atoms in total. The first-order valence-electron chi connectivity index (χ1n) is 5.05. The molecule has 0 radical (unpaired) electrons. The fourth-order valence-corrected chi connectivity index (χ4v) is 1.51. The molecule has 0 saturated carbocycles. The molecule has 0 saturated heterocycles. The highest BCUT2D eigenvalue weighted by molar-refractivity contribution is 6.05. The third-order valence-corrected chi connectivity index (χ3v) is 2.42. The summed E-state index contributed by atoms with van der Waals surface area (Å²) in [5, 5.41) is 0. The van der Waals surface area contributed by atoms with Gasteiger partial charge in [0.25, 0.3) is 5.91 Å². The summed E-state index contributed by atoms with van der Waals surface area (Å²) in [4.78, 5) is 21.4. The van der Waals surface area contributed by atoms with Crippen LogP contribution in [-0.4, -0.2) is 27.5 Å². The van der Waals surface area contributed by atoms with Crippen molar-refractivity contribution in [2.75, 3.05) is 17.7 Å². The molecule has 6 heteroatoms. The standard InChI is InChI=1S/C11H13N5O/c1-15-6-9(14-7-15)11(17)16(2)10-3-4-13-5-8(10)12/h3-7H,12H2,1-2H3. The van der Waals surface area contributed by atoms with Crippen LogP contribution >= 0.6 is 0 Å². The molecule has 0 aromatic carbocycles. The number of pyridine rings is 1. The van der Waals surface area contributed by atoms with Gasteiger partial charge in [-0.05, 0) is 6.07 Å². The van der Waals surface area contributed by atoms with Crippen LogP contribution in [0.4, 0.5) is 11.4 Å². The summed E-state index contributed by atoms with van der Waals surface area (Å²) >= 11 is 0. The van der Waals surface area contributed by atoms with E-state index in [9.17, 15) is 4.79 Å². The number of anilines is 2. The lowest BCUT2D eigenvalue weighted by atomic mass is 10.3. The Morgan fingerprint density at radius 2 is 2.29 bits per heavy atom. The third kappa shape index (κ3) is 2.10. The summed E-state index contributed by atoms with van der Waals surface area (Å²) < 4.78 is 1.72. The van der Waals surface area contributed by atoms with Gasteiger partial charge < -0.3 is 15.2 Å². The normalized spacial score (nSPS) is 10.2. The average Bonchev–Trinajstić information content (AvgIpc) is 2.75.